The van der Waals surface area contributed by atoms with E-state index in [2.05, 4.69) is 25.5 Å². The van der Waals surface area contributed by atoms with Gasteiger partial charge in [0.25, 0.3) is 0 Å². The summed E-state index contributed by atoms with van der Waals surface area (Å²) in [6, 6.07) is 9.67. The third-order valence-corrected chi connectivity index (χ3v) is 4.52. The molecule has 1 saturated heterocycles. The predicted octanol–water partition coefficient (Wildman–Crippen LogP) is 2.57. The lowest BCUT2D eigenvalue weighted by Crippen LogP contribution is -2.32. The molecular weight excluding hydrogens is 338 g/mol. The highest BCUT2D eigenvalue weighted by atomic mass is 35.5. The molecule has 0 radical (unpaired) electrons. The van der Waals surface area contributed by atoms with Crippen molar-refractivity contribution in [1.82, 2.24) is 15.3 Å². The zero-order valence-electron chi connectivity index (χ0n) is 14.0. The second-order valence-corrected chi connectivity index (χ2v) is 6.57. The van der Waals surface area contributed by atoms with Crippen molar-refractivity contribution in [2.24, 2.45) is 5.92 Å². The second-order valence-electron chi connectivity index (χ2n) is 6.13. The Labute approximate surface area is 152 Å². The molecule has 1 unspecified atom stereocenters. The number of nitrogens with zero attached hydrogens (tertiary/aromatic N) is 3. The maximum absolute atomic E-state index is 12.0. The summed E-state index contributed by atoms with van der Waals surface area (Å²) in [5.41, 5.74) is 1.19. The minimum absolute atomic E-state index is 0.0494. The number of hydrogen-bond donors (Lipinski definition) is 2. The minimum atomic E-state index is 0.0494. The molecule has 1 atom stereocenters. The summed E-state index contributed by atoms with van der Waals surface area (Å²) < 4.78 is 0. The average Bonchev–Trinajstić information content (AvgIpc) is 3.10. The Bertz CT molecular complexity index is 680. The molecule has 0 aliphatic carbocycles. The van der Waals surface area contributed by atoms with Crippen LogP contribution in [0.3, 0.4) is 0 Å². The van der Waals surface area contributed by atoms with E-state index in [4.69, 9.17) is 11.6 Å². The highest BCUT2D eigenvalue weighted by molar-refractivity contribution is 6.30. The molecule has 3 rings (SSSR count). The summed E-state index contributed by atoms with van der Waals surface area (Å²) >= 11 is 5.93. The van der Waals surface area contributed by atoms with Gasteiger partial charge in [0.05, 0.1) is 0 Å². The Hall–Kier alpha value is -2.34. The van der Waals surface area contributed by atoms with Crippen LogP contribution >= 0.6 is 11.6 Å². The van der Waals surface area contributed by atoms with E-state index in [1.54, 1.807) is 18.5 Å². The molecule has 1 aromatic heterocycles. The number of carbonyl (C=O) groups is 1. The SMILES string of the molecule is O=C(CCNc1ncccn1)NCC1CCN(c2ccc(Cl)cc2)C1. The molecule has 2 N–H and O–H groups in total. The van der Waals surface area contributed by atoms with Crippen LogP contribution in [0.1, 0.15) is 12.8 Å². The monoisotopic (exact) mass is 359 g/mol. The van der Waals surface area contributed by atoms with E-state index < -0.39 is 0 Å². The molecule has 2 heterocycles. The van der Waals surface area contributed by atoms with E-state index >= 15 is 0 Å². The van der Waals surface area contributed by atoms with E-state index in [1.165, 1.54) is 5.69 Å². The van der Waals surface area contributed by atoms with Crippen LogP contribution in [0.2, 0.25) is 5.02 Å². The van der Waals surface area contributed by atoms with Crippen LogP contribution in [0.25, 0.3) is 0 Å². The summed E-state index contributed by atoms with van der Waals surface area (Å²) in [7, 11) is 0. The lowest BCUT2D eigenvalue weighted by molar-refractivity contribution is -0.121. The van der Waals surface area contributed by atoms with Crippen LogP contribution in [0.4, 0.5) is 11.6 Å². The topological polar surface area (TPSA) is 70.1 Å². The number of nitrogens with one attached hydrogen (secondary N) is 2. The van der Waals surface area contributed by atoms with E-state index in [9.17, 15) is 4.79 Å². The van der Waals surface area contributed by atoms with Gasteiger partial charge in [-0.3, -0.25) is 4.79 Å². The summed E-state index contributed by atoms with van der Waals surface area (Å²) in [6.45, 7) is 3.20. The van der Waals surface area contributed by atoms with Gasteiger partial charge in [-0.2, -0.15) is 0 Å². The van der Waals surface area contributed by atoms with Crippen LogP contribution in [0.15, 0.2) is 42.7 Å². The van der Waals surface area contributed by atoms with E-state index in [-0.39, 0.29) is 5.91 Å². The van der Waals surface area contributed by atoms with Gasteiger partial charge in [-0.1, -0.05) is 11.6 Å². The standard InChI is InChI=1S/C18H22ClN5O/c19-15-2-4-16(5-3-15)24-11-7-14(13-24)12-23-17(25)6-10-22-18-20-8-1-9-21-18/h1-5,8-9,14H,6-7,10-13H2,(H,23,25)(H,20,21,22). The van der Waals surface area contributed by atoms with Crippen molar-refractivity contribution in [1.29, 1.82) is 0 Å². The van der Waals surface area contributed by atoms with Crippen molar-refractivity contribution < 1.29 is 4.79 Å². The third-order valence-electron chi connectivity index (χ3n) is 4.27. The Morgan fingerprint density at radius 1 is 1.24 bits per heavy atom. The smallest absolute Gasteiger partial charge is 0.222 e. The maximum Gasteiger partial charge on any atom is 0.222 e. The molecule has 7 heteroatoms. The van der Waals surface area contributed by atoms with Crippen LogP contribution in [-0.2, 0) is 4.79 Å². The van der Waals surface area contributed by atoms with Crippen molar-refractivity contribution >= 4 is 29.1 Å². The third kappa shape index (κ3) is 5.32. The fourth-order valence-electron chi connectivity index (χ4n) is 2.91. The van der Waals surface area contributed by atoms with Crippen LogP contribution in [-0.4, -0.2) is 42.1 Å². The molecule has 2 aromatic rings. The summed E-state index contributed by atoms with van der Waals surface area (Å²) in [5, 5.41) is 6.81. The lowest BCUT2D eigenvalue weighted by atomic mass is 10.1. The van der Waals surface area contributed by atoms with Crippen molar-refractivity contribution in [2.75, 3.05) is 36.4 Å². The number of rotatable bonds is 7. The first-order chi connectivity index (χ1) is 12.2. The Balaban J connectivity index is 1.34. The van der Waals surface area contributed by atoms with Crippen LogP contribution in [0, 0.1) is 5.92 Å². The van der Waals surface area contributed by atoms with Gasteiger partial charge in [-0.05, 0) is 42.7 Å². The quantitative estimate of drug-likeness (QED) is 0.795. The first kappa shape index (κ1) is 17.5. The highest BCUT2D eigenvalue weighted by Gasteiger charge is 2.22. The number of amides is 1. The molecule has 0 spiro atoms. The number of aromatic nitrogens is 2. The zero-order valence-corrected chi connectivity index (χ0v) is 14.7. The number of anilines is 2. The molecule has 1 aromatic carbocycles. The van der Waals surface area contributed by atoms with E-state index in [1.807, 2.05) is 24.3 Å². The Morgan fingerprint density at radius 3 is 2.76 bits per heavy atom. The maximum atomic E-state index is 12.0. The first-order valence-corrected chi connectivity index (χ1v) is 8.86. The molecule has 1 fully saturated rings. The van der Waals surface area contributed by atoms with E-state index in [0.717, 1.165) is 24.5 Å². The van der Waals surface area contributed by atoms with E-state index in [0.29, 0.717) is 31.4 Å². The fraction of sp³-hybridized carbons (Fsp3) is 0.389. The molecular formula is C18H22ClN5O. The van der Waals surface area contributed by atoms with Gasteiger partial charge in [0.15, 0.2) is 0 Å². The highest BCUT2D eigenvalue weighted by Crippen LogP contribution is 2.24. The van der Waals surface area contributed by atoms with Gasteiger partial charge in [0, 0.05) is 55.7 Å². The fourth-order valence-corrected chi connectivity index (χ4v) is 3.04. The summed E-state index contributed by atoms with van der Waals surface area (Å²) in [4.78, 5) is 22.4. The number of hydrogen-bond acceptors (Lipinski definition) is 5. The molecule has 0 bridgehead atoms. The predicted molar refractivity (Wildman–Crippen MR) is 99.9 cm³/mol. The number of halogens is 1. The first-order valence-electron chi connectivity index (χ1n) is 8.49. The van der Waals surface area contributed by atoms with Gasteiger partial charge >= 0.3 is 0 Å². The molecule has 0 saturated carbocycles. The van der Waals surface area contributed by atoms with Crippen molar-refractivity contribution in [3.63, 3.8) is 0 Å². The summed E-state index contributed by atoms with van der Waals surface area (Å²) in [6.07, 6.45) is 4.83. The Kier molecular flexibility index (Phi) is 6.06. The molecule has 132 valence electrons. The van der Waals surface area contributed by atoms with Gasteiger partial charge in [-0.25, -0.2) is 9.97 Å². The zero-order chi connectivity index (χ0) is 17.5. The molecule has 6 nitrogen and oxygen atoms in total. The molecule has 25 heavy (non-hydrogen) atoms. The number of benzene rings is 1. The summed E-state index contributed by atoms with van der Waals surface area (Å²) in [5.74, 6) is 1.07. The second kappa shape index (κ2) is 8.67. The molecule has 1 amide bonds. The Morgan fingerprint density at radius 2 is 2.00 bits per heavy atom. The van der Waals surface area contributed by atoms with Gasteiger partial charge in [-0.15, -0.1) is 0 Å². The lowest BCUT2D eigenvalue weighted by Gasteiger charge is -2.19. The van der Waals surface area contributed by atoms with Gasteiger partial charge in [0.2, 0.25) is 11.9 Å². The average molecular weight is 360 g/mol. The number of carbonyl (C=O) groups excluding carboxylic acids is 1. The molecule has 1 aliphatic heterocycles. The van der Waals surface area contributed by atoms with Gasteiger partial charge < -0.3 is 15.5 Å². The molecule has 1 aliphatic rings. The largest absolute Gasteiger partial charge is 0.371 e. The van der Waals surface area contributed by atoms with Gasteiger partial charge in [0.1, 0.15) is 0 Å². The van der Waals surface area contributed by atoms with Crippen LogP contribution in [0.5, 0.6) is 0 Å². The minimum Gasteiger partial charge on any atom is -0.371 e. The van der Waals surface area contributed by atoms with Crippen molar-refractivity contribution in [2.45, 2.75) is 12.8 Å². The van der Waals surface area contributed by atoms with Crippen molar-refractivity contribution in [3.05, 3.63) is 47.7 Å². The van der Waals surface area contributed by atoms with Crippen LogP contribution < -0.4 is 15.5 Å². The normalized spacial score (nSPS) is 16.7. The van der Waals surface area contributed by atoms with Crippen molar-refractivity contribution in [3.8, 4) is 0 Å².